The van der Waals surface area contributed by atoms with E-state index in [1.807, 2.05) is 41.1 Å². The van der Waals surface area contributed by atoms with E-state index in [9.17, 15) is 4.79 Å². The Labute approximate surface area is 157 Å². The largest absolute Gasteiger partial charge is 0.324 e. The van der Waals surface area contributed by atoms with E-state index in [-0.39, 0.29) is 5.91 Å². The van der Waals surface area contributed by atoms with Gasteiger partial charge in [0, 0.05) is 23.2 Å². The molecule has 0 fully saturated rings. The number of rotatable bonds is 4. The molecule has 1 N–H and O–H groups in total. The number of fused-ring (bicyclic) bond motifs is 1. The summed E-state index contributed by atoms with van der Waals surface area (Å²) in [6.45, 7) is 0. The van der Waals surface area contributed by atoms with Gasteiger partial charge in [0.2, 0.25) is 5.91 Å². The number of thiophene rings is 1. The van der Waals surface area contributed by atoms with Crippen LogP contribution in [-0.2, 0) is 11.2 Å². The fourth-order valence-corrected chi connectivity index (χ4v) is 4.31. The zero-order valence-electron chi connectivity index (χ0n) is 12.9. The second-order valence-corrected chi connectivity index (χ2v) is 7.74. The maximum absolute atomic E-state index is 12.5. The highest BCUT2D eigenvalue weighted by Gasteiger charge is 2.14. The Balaban J connectivity index is 1.56. The average molecular weight is 386 g/mol. The smallest absolute Gasteiger partial charge is 0.228 e. The van der Waals surface area contributed by atoms with Crippen LogP contribution < -0.4 is 5.32 Å². The number of nitrogens with zero attached hydrogens (tertiary/aromatic N) is 2. The van der Waals surface area contributed by atoms with Crippen LogP contribution >= 0.6 is 34.3 Å². The summed E-state index contributed by atoms with van der Waals surface area (Å²) in [4.78, 5) is 21.9. The van der Waals surface area contributed by atoms with Gasteiger partial charge in [0.1, 0.15) is 0 Å². The van der Waals surface area contributed by atoms with E-state index in [0.29, 0.717) is 10.9 Å². The minimum Gasteiger partial charge on any atom is -0.324 e. The predicted molar refractivity (Wildman–Crippen MR) is 105 cm³/mol. The summed E-state index contributed by atoms with van der Waals surface area (Å²) in [6.07, 6.45) is 3.85. The first-order chi connectivity index (χ1) is 12.2. The second-order valence-electron chi connectivity index (χ2n) is 5.39. The van der Waals surface area contributed by atoms with Gasteiger partial charge in [0.05, 0.1) is 22.7 Å². The van der Waals surface area contributed by atoms with Gasteiger partial charge in [0.15, 0.2) is 4.47 Å². The summed E-state index contributed by atoms with van der Waals surface area (Å²) >= 11 is 8.82. The van der Waals surface area contributed by atoms with Crippen LogP contribution in [0.5, 0.6) is 0 Å². The fourth-order valence-electron chi connectivity index (χ4n) is 2.67. The van der Waals surface area contributed by atoms with Crippen molar-refractivity contribution in [3.8, 4) is 10.6 Å². The summed E-state index contributed by atoms with van der Waals surface area (Å²) in [5.41, 5.74) is 2.53. The van der Waals surface area contributed by atoms with Crippen LogP contribution in [0.1, 0.15) is 5.56 Å². The third-order valence-corrected chi connectivity index (χ3v) is 5.69. The molecule has 4 rings (SSSR count). The third-order valence-electron chi connectivity index (χ3n) is 3.77. The lowest BCUT2D eigenvalue weighted by Crippen LogP contribution is -2.14. The molecular weight excluding hydrogens is 374 g/mol. The summed E-state index contributed by atoms with van der Waals surface area (Å²) < 4.78 is 0.491. The van der Waals surface area contributed by atoms with Crippen molar-refractivity contribution >= 4 is 56.6 Å². The first kappa shape index (κ1) is 16.2. The quantitative estimate of drug-likeness (QED) is 0.521. The molecule has 25 heavy (non-hydrogen) atoms. The lowest BCUT2D eigenvalue weighted by atomic mass is 10.0. The van der Waals surface area contributed by atoms with Crippen LogP contribution in [0.4, 0.5) is 5.69 Å². The number of aromatic nitrogens is 2. The van der Waals surface area contributed by atoms with Gasteiger partial charge in [-0.3, -0.25) is 9.78 Å². The Bertz CT molecular complexity index is 1050. The topological polar surface area (TPSA) is 54.9 Å². The predicted octanol–water partition coefficient (Wildman–Crippen LogP) is 5.25. The standard InChI is InChI=1S/C18H12ClN3OS2/c19-18-22-15(10-25-18)17-14(5-7-24-17)21-16(23)8-11-2-1-3-12-9-20-6-4-13(11)12/h1-7,9-10H,8H2,(H,21,23). The zero-order valence-corrected chi connectivity index (χ0v) is 15.3. The number of pyridine rings is 1. The Hall–Kier alpha value is -2.28. The molecule has 1 amide bonds. The molecule has 3 aromatic heterocycles. The maximum atomic E-state index is 12.5. The summed E-state index contributed by atoms with van der Waals surface area (Å²) in [6, 6.07) is 9.73. The summed E-state index contributed by atoms with van der Waals surface area (Å²) in [5.74, 6) is -0.0645. The van der Waals surface area contributed by atoms with Crippen molar-refractivity contribution in [2.75, 3.05) is 5.32 Å². The van der Waals surface area contributed by atoms with Crippen LogP contribution in [0, 0.1) is 0 Å². The monoisotopic (exact) mass is 385 g/mol. The lowest BCUT2D eigenvalue weighted by Gasteiger charge is -2.08. The molecule has 0 unspecified atom stereocenters. The molecule has 0 bridgehead atoms. The third kappa shape index (κ3) is 3.42. The van der Waals surface area contributed by atoms with Crippen LogP contribution in [0.15, 0.2) is 53.5 Å². The van der Waals surface area contributed by atoms with Crippen molar-refractivity contribution in [2.45, 2.75) is 6.42 Å². The molecule has 124 valence electrons. The number of hydrogen-bond donors (Lipinski definition) is 1. The van der Waals surface area contributed by atoms with Gasteiger partial charge in [-0.05, 0) is 28.5 Å². The van der Waals surface area contributed by atoms with Crippen molar-refractivity contribution in [3.63, 3.8) is 0 Å². The maximum Gasteiger partial charge on any atom is 0.228 e. The number of benzene rings is 1. The number of carbonyl (C=O) groups excluding carboxylic acids is 1. The highest BCUT2D eigenvalue weighted by Crippen LogP contribution is 2.35. The number of halogens is 1. The van der Waals surface area contributed by atoms with Crippen molar-refractivity contribution in [1.29, 1.82) is 0 Å². The number of carbonyl (C=O) groups is 1. The van der Waals surface area contributed by atoms with Gasteiger partial charge in [0.25, 0.3) is 0 Å². The SMILES string of the molecule is O=C(Cc1cccc2cnccc12)Nc1ccsc1-c1csc(Cl)n1. The number of hydrogen-bond acceptors (Lipinski definition) is 5. The number of anilines is 1. The highest BCUT2D eigenvalue weighted by molar-refractivity contribution is 7.16. The molecule has 1 aromatic carbocycles. The molecule has 0 aliphatic carbocycles. The van der Waals surface area contributed by atoms with Gasteiger partial charge in [-0.25, -0.2) is 4.98 Å². The van der Waals surface area contributed by atoms with Gasteiger partial charge in [-0.1, -0.05) is 29.8 Å². The van der Waals surface area contributed by atoms with Gasteiger partial charge < -0.3 is 5.32 Å². The normalized spacial score (nSPS) is 10.9. The Morgan fingerprint density at radius 2 is 2.12 bits per heavy atom. The van der Waals surface area contributed by atoms with Gasteiger partial charge in [-0.2, -0.15) is 0 Å². The highest BCUT2D eigenvalue weighted by atomic mass is 35.5. The fraction of sp³-hybridized carbons (Fsp3) is 0.0556. The van der Waals surface area contributed by atoms with Gasteiger partial charge in [-0.15, -0.1) is 22.7 Å². The molecule has 0 atom stereocenters. The van der Waals surface area contributed by atoms with E-state index < -0.39 is 0 Å². The average Bonchev–Trinajstić information content (AvgIpc) is 3.24. The van der Waals surface area contributed by atoms with E-state index in [4.69, 9.17) is 11.6 Å². The molecular formula is C18H12ClN3OS2. The number of thiazole rings is 1. The summed E-state index contributed by atoms with van der Waals surface area (Å²) in [5, 5.41) is 8.89. The van der Waals surface area contributed by atoms with Crippen LogP contribution in [0.25, 0.3) is 21.3 Å². The zero-order chi connectivity index (χ0) is 17.2. The molecule has 0 saturated heterocycles. The van der Waals surface area contributed by atoms with E-state index in [2.05, 4.69) is 15.3 Å². The molecule has 3 heterocycles. The van der Waals surface area contributed by atoms with Crippen molar-refractivity contribution in [1.82, 2.24) is 9.97 Å². The van der Waals surface area contributed by atoms with E-state index >= 15 is 0 Å². The van der Waals surface area contributed by atoms with E-state index in [0.717, 1.165) is 32.6 Å². The van der Waals surface area contributed by atoms with Crippen molar-refractivity contribution in [2.24, 2.45) is 0 Å². The van der Waals surface area contributed by atoms with Crippen molar-refractivity contribution in [3.05, 3.63) is 63.5 Å². The molecule has 0 spiro atoms. The minimum absolute atomic E-state index is 0.0645. The molecule has 0 saturated carbocycles. The molecule has 0 radical (unpaired) electrons. The van der Waals surface area contributed by atoms with Gasteiger partial charge >= 0.3 is 0 Å². The molecule has 0 aliphatic heterocycles. The molecule has 7 heteroatoms. The Morgan fingerprint density at radius 1 is 1.20 bits per heavy atom. The molecule has 4 aromatic rings. The minimum atomic E-state index is -0.0645. The lowest BCUT2D eigenvalue weighted by molar-refractivity contribution is -0.115. The van der Waals surface area contributed by atoms with E-state index in [1.54, 1.807) is 12.4 Å². The molecule has 4 nitrogen and oxygen atoms in total. The Kier molecular flexibility index (Phi) is 4.48. The number of nitrogens with one attached hydrogen (secondary N) is 1. The van der Waals surface area contributed by atoms with Crippen molar-refractivity contribution < 1.29 is 4.79 Å². The van der Waals surface area contributed by atoms with E-state index in [1.165, 1.54) is 22.7 Å². The van der Waals surface area contributed by atoms with Crippen LogP contribution in [0.2, 0.25) is 4.47 Å². The second kappa shape index (κ2) is 6.92. The summed E-state index contributed by atoms with van der Waals surface area (Å²) in [7, 11) is 0. The Morgan fingerprint density at radius 3 is 2.96 bits per heavy atom. The van der Waals surface area contributed by atoms with Crippen LogP contribution in [-0.4, -0.2) is 15.9 Å². The first-order valence-electron chi connectivity index (χ1n) is 7.51. The number of amides is 1. The van der Waals surface area contributed by atoms with Crippen LogP contribution in [0.3, 0.4) is 0 Å². The molecule has 0 aliphatic rings. The first-order valence-corrected chi connectivity index (χ1v) is 9.65.